The molecule has 0 saturated heterocycles. The number of carbonyl (C=O) groups is 8. The Kier molecular flexibility index (Phi) is 19.2. The Labute approximate surface area is 382 Å². The monoisotopic (exact) mass is 910 g/mol. The number of hydrogen-bond donors (Lipinski definition) is 0. The van der Waals surface area contributed by atoms with Crippen LogP contribution in [0.4, 0.5) is 0 Å². The number of carbonyl (C=O) groups excluding carboxylic acids is 8. The van der Waals surface area contributed by atoms with Gasteiger partial charge in [-0.05, 0) is 131 Å². The molecule has 0 radical (unpaired) electrons. The highest BCUT2D eigenvalue weighted by atomic mass is 16.6. The van der Waals surface area contributed by atoms with Gasteiger partial charge in [0.2, 0.25) is 0 Å². The average molecular weight is 911 g/mol. The van der Waals surface area contributed by atoms with Gasteiger partial charge in [-0.3, -0.25) is 19.2 Å². The van der Waals surface area contributed by atoms with Crippen molar-refractivity contribution in [1.29, 1.82) is 0 Å². The average Bonchev–Trinajstić information content (AvgIpc) is 3.34. The zero-order valence-corrected chi connectivity index (χ0v) is 36.8. The van der Waals surface area contributed by atoms with Crippen LogP contribution in [0.2, 0.25) is 0 Å². The molecule has 3 aromatic rings. The van der Waals surface area contributed by atoms with Crippen molar-refractivity contribution in [1.82, 2.24) is 0 Å². The van der Waals surface area contributed by atoms with Gasteiger partial charge in [0.15, 0.2) is 0 Å². The van der Waals surface area contributed by atoms with Gasteiger partial charge >= 0.3 is 41.8 Å². The molecule has 2 fully saturated rings. The number of hydrogen-bond acceptors (Lipinski definition) is 16. The zero-order chi connectivity index (χ0) is 47.4. The maximum Gasteiger partial charge on any atom is 0.341 e. The van der Waals surface area contributed by atoms with Crippen LogP contribution < -0.4 is 23.7 Å². The van der Waals surface area contributed by atoms with E-state index in [1.54, 1.807) is 48.5 Å². The Balaban J connectivity index is 1.05. The summed E-state index contributed by atoms with van der Waals surface area (Å²) in [5, 5.41) is 0. The van der Waals surface area contributed by atoms with E-state index in [1.165, 1.54) is 25.3 Å². The summed E-state index contributed by atoms with van der Waals surface area (Å²) in [5.41, 5.74) is 0.505. The lowest BCUT2D eigenvalue weighted by atomic mass is 9.82. The van der Waals surface area contributed by atoms with Crippen LogP contribution in [0.3, 0.4) is 0 Å². The summed E-state index contributed by atoms with van der Waals surface area (Å²) in [5.74, 6) is -4.61. The second-order valence-corrected chi connectivity index (χ2v) is 15.8. The van der Waals surface area contributed by atoms with Crippen LogP contribution in [0, 0.1) is 23.7 Å². The molecule has 350 valence electrons. The molecule has 1 unspecified atom stereocenters. The molecule has 2 aliphatic carbocycles. The molecule has 0 N–H and O–H groups in total. The summed E-state index contributed by atoms with van der Waals surface area (Å²) in [7, 11) is 1.17. The minimum Gasteiger partial charge on any atom is -0.494 e. The van der Waals surface area contributed by atoms with Crippen LogP contribution in [-0.2, 0) is 47.8 Å². The summed E-state index contributed by atoms with van der Waals surface area (Å²) in [4.78, 5) is 99.0. The third-order valence-corrected chi connectivity index (χ3v) is 11.3. The van der Waals surface area contributed by atoms with Gasteiger partial charge in [0, 0.05) is 18.6 Å². The predicted molar refractivity (Wildman–Crippen MR) is 234 cm³/mol. The third kappa shape index (κ3) is 15.0. The third-order valence-electron chi connectivity index (χ3n) is 11.3. The Morgan fingerprint density at radius 2 is 1.05 bits per heavy atom. The van der Waals surface area contributed by atoms with Crippen molar-refractivity contribution < 1.29 is 76.3 Å². The number of unbranched alkanes of at least 4 members (excludes halogenated alkanes) is 1. The van der Waals surface area contributed by atoms with Gasteiger partial charge in [-0.2, -0.15) is 0 Å². The van der Waals surface area contributed by atoms with E-state index in [9.17, 15) is 38.4 Å². The molecular formula is C50H54O16. The Bertz CT molecular complexity index is 2200. The van der Waals surface area contributed by atoms with Gasteiger partial charge in [0.1, 0.15) is 46.7 Å². The van der Waals surface area contributed by atoms with Crippen molar-refractivity contribution in [2.75, 3.05) is 20.3 Å². The molecule has 16 heteroatoms. The highest BCUT2D eigenvalue weighted by molar-refractivity contribution is 5.94. The Hall–Kier alpha value is -7.10. The fourth-order valence-corrected chi connectivity index (χ4v) is 7.53. The first-order chi connectivity index (χ1) is 31.9. The van der Waals surface area contributed by atoms with Gasteiger partial charge in [0.05, 0.1) is 44.0 Å². The van der Waals surface area contributed by atoms with Crippen LogP contribution in [0.1, 0.15) is 99.1 Å². The fourth-order valence-electron chi connectivity index (χ4n) is 7.53. The van der Waals surface area contributed by atoms with E-state index in [0.717, 1.165) is 18.4 Å². The lowest BCUT2D eigenvalue weighted by molar-refractivity contribution is -0.145. The summed E-state index contributed by atoms with van der Waals surface area (Å²) in [6.45, 7) is 7.44. The van der Waals surface area contributed by atoms with E-state index in [4.69, 9.17) is 37.9 Å². The standard InChI is InChI=1S/C50H54O16/c1-4-44(52)61-30-7-6-29-60-37-22-24-39(25-23-37)63-47(55)34-14-16-36(17-15-34)49(57)66-43-27-26-40(31-41(43)50(58)59-3)64-48(56)35-12-10-33(11-13-35)46(54)62-38-20-18-32(19-21-38)42(9-8-28-51)65-45(53)5-2/h4-5,18-28,31,33-36,42H,1-2,6-17,29-30H2,3H3. The molecule has 0 heterocycles. The van der Waals surface area contributed by atoms with Gasteiger partial charge in [-0.1, -0.05) is 25.3 Å². The number of rotatable bonds is 22. The lowest BCUT2D eigenvalue weighted by Crippen LogP contribution is -2.31. The van der Waals surface area contributed by atoms with E-state index < -0.39 is 71.6 Å². The Morgan fingerprint density at radius 3 is 1.55 bits per heavy atom. The first-order valence-electron chi connectivity index (χ1n) is 21.9. The summed E-state index contributed by atoms with van der Waals surface area (Å²) < 4.78 is 43.4. The van der Waals surface area contributed by atoms with Crippen LogP contribution in [0.5, 0.6) is 28.7 Å². The van der Waals surface area contributed by atoms with Gasteiger partial charge in [-0.25, -0.2) is 14.4 Å². The smallest absolute Gasteiger partial charge is 0.341 e. The minimum atomic E-state index is -0.812. The molecule has 0 amide bonds. The minimum absolute atomic E-state index is 0.0414. The van der Waals surface area contributed by atoms with Crippen LogP contribution in [0.25, 0.3) is 0 Å². The van der Waals surface area contributed by atoms with Crippen LogP contribution >= 0.6 is 0 Å². The molecule has 1 atom stereocenters. The SMILES string of the molecule is C=CC(=O)OCCCCOc1ccc(OC(=O)C2CCC(C(=O)Oc3ccc(OC(=O)C4CCC(C(=O)Oc5ccc(C(CCC=O)OC(=O)C=C)cc5)CC4)cc3C(=O)OC)CC2)cc1. The topological polar surface area (TPSA) is 210 Å². The number of esters is 7. The van der Waals surface area contributed by atoms with E-state index in [1.807, 2.05) is 0 Å². The number of ether oxygens (including phenoxy) is 8. The fraction of sp³-hybridized carbons (Fsp3) is 0.400. The molecule has 0 bridgehead atoms. The number of benzene rings is 3. The van der Waals surface area contributed by atoms with E-state index in [-0.39, 0.29) is 42.3 Å². The molecule has 0 spiro atoms. The van der Waals surface area contributed by atoms with Crippen molar-refractivity contribution in [3.8, 4) is 28.7 Å². The molecule has 16 nitrogen and oxygen atoms in total. The molecule has 0 aliphatic heterocycles. The number of aldehydes is 1. The first-order valence-corrected chi connectivity index (χ1v) is 21.9. The zero-order valence-electron chi connectivity index (χ0n) is 36.8. The summed E-state index contributed by atoms with van der Waals surface area (Å²) >= 11 is 0. The van der Waals surface area contributed by atoms with Crippen molar-refractivity contribution in [2.45, 2.75) is 83.2 Å². The largest absolute Gasteiger partial charge is 0.494 e. The molecule has 66 heavy (non-hydrogen) atoms. The molecule has 2 aliphatic rings. The maximum absolute atomic E-state index is 13.3. The van der Waals surface area contributed by atoms with Gasteiger partial charge in [-0.15, -0.1) is 0 Å². The number of methoxy groups -OCH3 is 1. The van der Waals surface area contributed by atoms with Crippen molar-refractivity contribution in [2.24, 2.45) is 23.7 Å². The quantitative estimate of drug-likeness (QED) is 0.0236. The van der Waals surface area contributed by atoms with Crippen molar-refractivity contribution >= 4 is 48.1 Å². The van der Waals surface area contributed by atoms with E-state index in [2.05, 4.69) is 13.2 Å². The normalized spacial score (nSPS) is 18.2. The Morgan fingerprint density at radius 1 is 0.591 bits per heavy atom. The highest BCUT2D eigenvalue weighted by Gasteiger charge is 2.34. The second-order valence-electron chi connectivity index (χ2n) is 15.8. The van der Waals surface area contributed by atoms with Crippen LogP contribution in [0.15, 0.2) is 92.0 Å². The molecule has 0 aromatic heterocycles. The second kappa shape index (κ2) is 25.4. The van der Waals surface area contributed by atoms with Crippen LogP contribution in [-0.4, -0.2) is 68.4 Å². The molecule has 2 saturated carbocycles. The van der Waals surface area contributed by atoms with Crippen molar-refractivity contribution in [3.05, 3.63) is 103 Å². The summed E-state index contributed by atoms with van der Waals surface area (Å²) in [6.07, 6.45) is 6.96. The van der Waals surface area contributed by atoms with E-state index >= 15 is 0 Å². The molecular weight excluding hydrogens is 857 g/mol. The molecule has 3 aromatic carbocycles. The highest BCUT2D eigenvalue weighted by Crippen LogP contribution is 2.35. The van der Waals surface area contributed by atoms with E-state index in [0.29, 0.717) is 87.9 Å². The first kappa shape index (κ1) is 49.9. The lowest BCUT2D eigenvalue weighted by Gasteiger charge is -2.26. The molecule has 5 rings (SSSR count). The van der Waals surface area contributed by atoms with Crippen molar-refractivity contribution in [3.63, 3.8) is 0 Å². The maximum atomic E-state index is 13.3. The van der Waals surface area contributed by atoms with Gasteiger partial charge < -0.3 is 42.7 Å². The van der Waals surface area contributed by atoms with Gasteiger partial charge in [0.25, 0.3) is 0 Å². The predicted octanol–water partition coefficient (Wildman–Crippen LogP) is 7.75. The summed E-state index contributed by atoms with van der Waals surface area (Å²) in [6, 6.07) is 17.1.